The average molecular weight is 303 g/mol. The third-order valence-corrected chi connectivity index (χ3v) is 3.48. The van der Waals surface area contributed by atoms with Gasteiger partial charge < -0.3 is 4.42 Å². The molecule has 0 fully saturated rings. The van der Waals surface area contributed by atoms with Crippen LogP contribution in [-0.4, -0.2) is 20.7 Å². The van der Waals surface area contributed by atoms with Crippen molar-refractivity contribution in [2.24, 2.45) is 0 Å². The minimum Gasteiger partial charge on any atom is -0.403 e. The van der Waals surface area contributed by atoms with E-state index in [1.807, 2.05) is 6.92 Å². The van der Waals surface area contributed by atoms with E-state index >= 15 is 0 Å². The molecule has 106 valence electrons. The van der Waals surface area contributed by atoms with Gasteiger partial charge in [-0.2, -0.15) is 4.98 Å². The molecule has 0 bridgehead atoms. The standard InChI is InChI=1S/C14H10FN3O2S/c1-2-21-14-16-7-9-11(18-14)17-12(20-13(9)19)8-5-3-4-6-10(8)15/h3-7H,2H2,1H3. The predicted octanol–water partition coefficient (Wildman–Crippen LogP) is 2.90. The number of hydrogen-bond donors (Lipinski definition) is 0. The minimum absolute atomic E-state index is 0.0863. The Morgan fingerprint density at radius 3 is 2.86 bits per heavy atom. The molecule has 0 amide bonds. The molecular weight excluding hydrogens is 293 g/mol. The van der Waals surface area contributed by atoms with Crippen molar-refractivity contribution in [3.63, 3.8) is 0 Å². The van der Waals surface area contributed by atoms with Gasteiger partial charge in [0.25, 0.3) is 0 Å². The zero-order valence-corrected chi connectivity index (χ0v) is 11.9. The molecule has 0 unspecified atom stereocenters. The third kappa shape index (κ3) is 2.64. The summed E-state index contributed by atoms with van der Waals surface area (Å²) in [6.45, 7) is 1.97. The highest BCUT2D eigenvalue weighted by atomic mass is 32.2. The van der Waals surface area contributed by atoms with Gasteiger partial charge in [0.15, 0.2) is 10.8 Å². The van der Waals surface area contributed by atoms with Crippen LogP contribution in [0.25, 0.3) is 22.5 Å². The van der Waals surface area contributed by atoms with Gasteiger partial charge in [0.1, 0.15) is 11.2 Å². The maximum Gasteiger partial charge on any atom is 0.350 e. The first-order valence-corrected chi connectivity index (χ1v) is 7.23. The fourth-order valence-electron chi connectivity index (χ4n) is 1.80. The van der Waals surface area contributed by atoms with Crippen molar-refractivity contribution in [1.29, 1.82) is 0 Å². The third-order valence-electron chi connectivity index (χ3n) is 2.74. The number of hydrogen-bond acceptors (Lipinski definition) is 6. The topological polar surface area (TPSA) is 68.9 Å². The second kappa shape index (κ2) is 5.61. The van der Waals surface area contributed by atoms with E-state index < -0.39 is 11.4 Å². The minimum atomic E-state index is -0.633. The highest BCUT2D eigenvalue weighted by molar-refractivity contribution is 7.99. The highest BCUT2D eigenvalue weighted by Crippen LogP contribution is 2.21. The molecule has 0 aliphatic heterocycles. The number of thioether (sulfide) groups is 1. The Hall–Kier alpha value is -2.28. The molecule has 3 aromatic rings. The molecule has 1 aromatic carbocycles. The first kappa shape index (κ1) is 13.7. The summed E-state index contributed by atoms with van der Waals surface area (Å²) in [5, 5.41) is 0.693. The van der Waals surface area contributed by atoms with Crippen LogP contribution >= 0.6 is 11.8 Å². The lowest BCUT2D eigenvalue weighted by Crippen LogP contribution is -2.06. The van der Waals surface area contributed by atoms with Crippen molar-refractivity contribution in [2.75, 3.05) is 5.75 Å². The first-order valence-electron chi connectivity index (χ1n) is 6.24. The summed E-state index contributed by atoms with van der Waals surface area (Å²) in [7, 11) is 0. The van der Waals surface area contributed by atoms with Crippen LogP contribution in [0.3, 0.4) is 0 Å². The highest BCUT2D eigenvalue weighted by Gasteiger charge is 2.13. The summed E-state index contributed by atoms with van der Waals surface area (Å²) in [5.41, 5.74) is -0.304. The maximum atomic E-state index is 13.8. The van der Waals surface area contributed by atoms with Crippen molar-refractivity contribution in [2.45, 2.75) is 12.1 Å². The molecule has 0 spiro atoms. The molecule has 0 N–H and O–H groups in total. The summed E-state index contributed by atoms with van der Waals surface area (Å²) in [6, 6.07) is 5.97. The van der Waals surface area contributed by atoms with Crippen LogP contribution in [-0.2, 0) is 0 Å². The predicted molar refractivity (Wildman–Crippen MR) is 77.7 cm³/mol. The van der Waals surface area contributed by atoms with Crippen molar-refractivity contribution >= 4 is 22.8 Å². The molecule has 0 saturated carbocycles. The van der Waals surface area contributed by atoms with E-state index in [1.54, 1.807) is 12.1 Å². The largest absolute Gasteiger partial charge is 0.403 e. The number of rotatable bonds is 3. The molecule has 0 radical (unpaired) electrons. The fourth-order valence-corrected chi connectivity index (χ4v) is 2.33. The normalized spacial score (nSPS) is 11.0. The van der Waals surface area contributed by atoms with Gasteiger partial charge in [-0.3, -0.25) is 0 Å². The molecule has 0 saturated heterocycles. The Labute approximate surface area is 123 Å². The zero-order chi connectivity index (χ0) is 14.8. The van der Waals surface area contributed by atoms with E-state index in [1.165, 1.54) is 30.1 Å². The molecule has 2 aromatic heterocycles. The van der Waals surface area contributed by atoms with Crippen molar-refractivity contribution in [1.82, 2.24) is 15.0 Å². The number of nitrogens with zero attached hydrogens (tertiary/aromatic N) is 3. The summed E-state index contributed by atoms with van der Waals surface area (Å²) >= 11 is 1.43. The molecule has 21 heavy (non-hydrogen) atoms. The van der Waals surface area contributed by atoms with E-state index in [-0.39, 0.29) is 22.5 Å². The van der Waals surface area contributed by atoms with E-state index in [2.05, 4.69) is 15.0 Å². The van der Waals surface area contributed by atoms with E-state index in [9.17, 15) is 9.18 Å². The van der Waals surface area contributed by atoms with Crippen LogP contribution in [0.2, 0.25) is 0 Å². The lowest BCUT2D eigenvalue weighted by atomic mass is 10.2. The SMILES string of the molecule is CCSc1ncc2c(=O)oc(-c3ccccc3F)nc2n1. The van der Waals surface area contributed by atoms with Crippen LogP contribution < -0.4 is 5.63 Å². The Balaban J connectivity index is 2.22. The molecular formula is C14H10FN3O2S. The van der Waals surface area contributed by atoms with Gasteiger partial charge in [-0.1, -0.05) is 30.8 Å². The molecule has 5 nitrogen and oxygen atoms in total. The Bertz CT molecular complexity index is 866. The zero-order valence-electron chi connectivity index (χ0n) is 11.0. The second-order valence-corrected chi connectivity index (χ2v) is 5.34. The maximum absolute atomic E-state index is 13.8. The molecule has 2 heterocycles. The van der Waals surface area contributed by atoms with E-state index in [4.69, 9.17) is 4.42 Å². The van der Waals surface area contributed by atoms with Gasteiger partial charge >= 0.3 is 5.63 Å². The summed E-state index contributed by atoms with van der Waals surface area (Å²) < 4.78 is 18.8. The summed E-state index contributed by atoms with van der Waals surface area (Å²) in [4.78, 5) is 24.3. The average Bonchev–Trinajstić information content (AvgIpc) is 2.47. The monoisotopic (exact) mass is 303 g/mol. The quantitative estimate of drug-likeness (QED) is 0.547. The van der Waals surface area contributed by atoms with Gasteiger partial charge in [-0.05, 0) is 17.9 Å². The Morgan fingerprint density at radius 1 is 1.29 bits per heavy atom. The van der Waals surface area contributed by atoms with Gasteiger partial charge in [0, 0.05) is 6.20 Å². The van der Waals surface area contributed by atoms with Crippen LogP contribution in [0.5, 0.6) is 0 Å². The van der Waals surface area contributed by atoms with Crippen LogP contribution in [0.4, 0.5) is 4.39 Å². The molecule has 0 aliphatic carbocycles. The molecule has 3 rings (SSSR count). The van der Waals surface area contributed by atoms with Crippen LogP contribution in [0, 0.1) is 5.82 Å². The number of aromatic nitrogens is 3. The van der Waals surface area contributed by atoms with E-state index in [0.717, 1.165) is 5.75 Å². The fraction of sp³-hybridized carbons (Fsp3) is 0.143. The van der Waals surface area contributed by atoms with Crippen molar-refractivity contribution < 1.29 is 8.81 Å². The Kier molecular flexibility index (Phi) is 3.66. The number of benzene rings is 1. The van der Waals surface area contributed by atoms with Crippen LogP contribution in [0.1, 0.15) is 6.92 Å². The van der Waals surface area contributed by atoms with Gasteiger partial charge in [0.2, 0.25) is 5.89 Å². The lowest BCUT2D eigenvalue weighted by molar-refractivity contribution is 0.510. The first-order chi connectivity index (χ1) is 10.2. The number of halogens is 1. The molecule has 0 atom stereocenters. The summed E-state index contributed by atoms with van der Waals surface area (Å²) in [5.74, 6) is 0.203. The summed E-state index contributed by atoms with van der Waals surface area (Å²) in [6.07, 6.45) is 1.38. The smallest absolute Gasteiger partial charge is 0.350 e. The number of fused-ring (bicyclic) bond motifs is 1. The van der Waals surface area contributed by atoms with Gasteiger partial charge in [0.05, 0.1) is 5.56 Å². The van der Waals surface area contributed by atoms with Crippen molar-refractivity contribution in [3.8, 4) is 11.5 Å². The van der Waals surface area contributed by atoms with Gasteiger partial charge in [-0.25, -0.2) is 19.2 Å². The lowest BCUT2D eigenvalue weighted by Gasteiger charge is -2.03. The van der Waals surface area contributed by atoms with Crippen molar-refractivity contribution in [3.05, 3.63) is 46.7 Å². The molecule has 0 aliphatic rings. The van der Waals surface area contributed by atoms with Crippen LogP contribution in [0.15, 0.2) is 44.8 Å². The van der Waals surface area contributed by atoms with E-state index in [0.29, 0.717) is 5.16 Å². The van der Waals surface area contributed by atoms with Gasteiger partial charge in [-0.15, -0.1) is 0 Å². The second-order valence-electron chi connectivity index (χ2n) is 4.11. The Morgan fingerprint density at radius 2 is 2.10 bits per heavy atom. The molecule has 7 heteroatoms.